The second-order valence-corrected chi connectivity index (χ2v) is 4.57. The van der Waals surface area contributed by atoms with Gasteiger partial charge in [0.2, 0.25) is 0 Å². The minimum absolute atomic E-state index is 0.252. The van der Waals surface area contributed by atoms with Crippen LogP contribution in [0.1, 0.15) is 31.7 Å². The minimum Gasteiger partial charge on any atom is -0.459 e. The monoisotopic (exact) mass is 263 g/mol. The molecule has 1 N–H and O–H groups in total. The second kappa shape index (κ2) is 8.43. The fraction of sp³-hybridized carbons (Fsp3) is 0.467. The Morgan fingerprint density at radius 1 is 1.37 bits per heavy atom. The highest BCUT2D eigenvalue weighted by Crippen LogP contribution is 2.10. The van der Waals surface area contributed by atoms with Crippen molar-refractivity contribution in [3.05, 3.63) is 35.9 Å². The first kappa shape index (κ1) is 15.4. The van der Waals surface area contributed by atoms with Gasteiger partial charge in [0.1, 0.15) is 12.6 Å². The van der Waals surface area contributed by atoms with Gasteiger partial charge in [-0.05, 0) is 38.5 Å². The number of carbonyl (C=O) groups excluding carboxylic acids is 1. The molecule has 4 heteroatoms. The molecule has 0 saturated heterocycles. The number of esters is 1. The van der Waals surface area contributed by atoms with Crippen molar-refractivity contribution in [1.82, 2.24) is 0 Å². The predicted molar refractivity (Wildman–Crippen MR) is 75.1 cm³/mol. The lowest BCUT2D eigenvalue weighted by Gasteiger charge is -2.12. The molecule has 104 valence electrons. The third-order valence-corrected chi connectivity index (χ3v) is 2.82. The zero-order chi connectivity index (χ0) is 14.1. The number of ether oxygens (including phenoxy) is 1. The topological polar surface area (TPSA) is 58.9 Å². The largest absolute Gasteiger partial charge is 0.459 e. The van der Waals surface area contributed by atoms with E-state index in [9.17, 15) is 4.79 Å². The van der Waals surface area contributed by atoms with Gasteiger partial charge >= 0.3 is 5.97 Å². The number of aliphatic hydroxyl groups excluding tert-OH is 1. The van der Waals surface area contributed by atoms with E-state index in [2.05, 4.69) is 11.7 Å². The molecular formula is C15H21NO3. The van der Waals surface area contributed by atoms with E-state index < -0.39 is 6.04 Å². The Morgan fingerprint density at radius 2 is 2.05 bits per heavy atom. The summed E-state index contributed by atoms with van der Waals surface area (Å²) in [7, 11) is 0. The molecule has 1 aromatic carbocycles. The summed E-state index contributed by atoms with van der Waals surface area (Å²) in [6, 6.07) is 8.97. The van der Waals surface area contributed by atoms with Gasteiger partial charge in [-0.15, -0.1) is 0 Å². The van der Waals surface area contributed by atoms with E-state index in [4.69, 9.17) is 9.84 Å². The van der Waals surface area contributed by atoms with Gasteiger partial charge in [0.05, 0.1) is 6.10 Å². The van der Waals surface area contributed by atoms with Gasteiger partial charge in [0.25, 0.3) is 0 Å². The lowest BCUT2D eigenvalue weighted by molar-refractivity contribution is -0.146. The van der Waals surface area contributed by atoms with Gasteiger partial charge in [-0.1, -0.05) is 30.3 Å². The van der Waals surface area contributed by atoms with Crippen molar-refractivity contribution in [2.75, 3.05) is 0 Å². The molecule has 19 heavy (non-hydrogen) atoms. The van der Waals surface area contributed by atoms with Crippen molar-refractivity contribution in [2.45, 2.75) is 44.9 Å². The highest BCUT2D eigenvalue weighted by molar-refractivity contribution is 5.76. The molecule has 2 atom stereocenters. The SMILES string of the molecule is C=N[C@@H](CCC[C@H](C)O)C(=O)OCc1ccccc1. The molecule has 0 aliphatic rings. The maximum Gasteiger partial charge on any atom is 0.331 e. The van der Waals surface area contributed by atoms with Crippen LogP contribution in [-0.2, 0) is 16.1 Å². The van der Waals surface area contributed by atoms with Crippen molar-refractivity contribution in [2.24, 2.45) is 4.99 Å². The van der Waals surface area contributed by atoms with Gasteiger partial charge in [-0.2, -0.15) is 0 Å². The number of rotatable bonds is 8. The van der Waals surface area contributed by atoms with Crippen molar-refractivity contribution in [3.63, 3.8) is 0 Å². The van der Waals surface area contributed by atoms with Crippen molar-refractivity contribution in [1.29, 1.82) is 0 Å². The summed E-state index contributed by atoms with van der Waals surface area (Å²) in [5.74, 6) is -0.357. The van der Waals surface area contributed by atoms with E-state index in [0.717, 1.165) is 12.0 Å². The Morgan fingerprint density at radius 3 is 2.63 bits per heavy atom. The quantitative estimate of drug-likeness (QED) is 0.578. The average molecular weight is 263 g/mol. The van der Waals surface area contributed by atoms with E-state index in [-0.39, 0.29) is 18.7 Å². The fourth-order valence-corrected chi connectivity index (χ4v) is 1.72. The number of carbonyl (C=O) groups is 1. The molecule has 0 saturated carbocycles. The average Bonchev–Trinajstić information content (AvgIpc) is 2.42. The molecule has 0 aliphatic carbocycles. The third kappa shape index (κ3) is 6.15. The maximum absolute atomic E-state index is 11.8. The second-order valence-electron chi connectivity index (χ2n) is 4.57. The van der Waals surface area contributed by atoms with E-state index in [1.807, 2.05) is 30.3 Å². The van der Waals surface area contributed by atoms with Crippen LogP contribution in [0.25, 0.3) is 0 Å². The van der Waals surface area contributed by atoms with Crippen LogP contribution in [0.15, 0.2) is 35.3 Å². The fourth-order valence-electron chi connectivity index (χ4n) is 1.72. The van der Waals surface area contributed by atoms with Crippen LogP contribution >= 0.6 is 0 Å². The van der Waals surface area contributed by atoms with Crippen molar-refractivity contribution < 1.29 is 14.6 Å². The minimum atomic E-state index is -0.539. The molecule has 0 amide bonds. The van der Waals surface area contributed by atoms with Gasteiger partial charge < -0.3 is 9.84 Å². The lowest BCUT2D eigenvalue weighted by Crippen LogP contribution is -2.21. The molecule has 4 nitrogen and oxygen atoms in total. The third-order valence-electron chi connectivity index (χ3n) is 2.82. The Labute approximate surface area is 114 Å². The van der Waals surface area contributed by atoms with Crippen LogP contribution in [0.4, 0.5) is 0 Å². The summed E-state index contributed by atoms with van der Waals surface area (Å²) >= 11 is 0. The Kier molecular flexibility index (Phi) is 6.82. The first-order chi connectivity index (χ1) is 9.13. The van der Waals surface area contributed by atoms with E-state index in [0.29, 0.717) is 12.8 Å². The van der Waals surface area contributed by atoms with Gasteiger partial charge in [-0.3, -0.25) is 4.99 Å². The van der Waals surface area contributed by atoms with Gasteiger partial charge in [-0.25, -0.2) is 4.79 Å². The maximum atomic E-state index is 11.8. The highest BCUT2D eigenvalue weighted by Gasteiger charge is 2.17. The van der Waals surface area contributed by atoms with Crippen molar-refractivity contribution >= 4 is 12.7 Å². The Bertz CT molecular complexity index is 390. The number of aliphatic imine (C=N–C) groups is 1. The van der Waals surface area contributed by atoms with Crippen LogP contribution in [0.5, 0.6) is 0 Å². The Hall–Kier alpha value is -1.68. The summed E-state index contributed by atoms with van der Waals surface area (Å²) in [5.41, 5.74) is 0.947. The van der Waals surface area contributed by atoms with Gasteiger partial charge in [0.15, 0.2) is 0 Å². The number of hydrogen-bond acceptors (Lipinski definition) is 4. The first-order valence-corrected chi connectivity index (χ1v) is 6.48. The summed E-state index contributed by atoms with van der Waals surface area (Å²) in [6.07, 6.45) is 1.58. The van der Waals surface area contributed by atoms with E-state index in [1.54, 1.807) is 6.92 Å². The molecule has 0 fully saturated rings. The lowest BCUT2D eigenvalue weighted by atomic mass is 10.1. The number of hydrogen-bond donors (Lipinski definition) is 1. The molecule has 0 unspecified atom stereocenters. The molecule has 0 radical (unpaired) electrons. The zero-order valence-electron chi connectivity index (χ0n) is 11.3. The van der Waals surface area contributed by atoms with E-state index in [1.165, 1.54) is 0 Å². The molecule has 1 rings (SSSR count). The predicted octanol–water partition coefficient (Wildman–Crippen LogP) is 2.35. The first-order valence-electron chi connectivity index (χ1n) is 6.48. The summed E-state index contributed by atoms with van der Waals surface area (Å²) in [6.45, 7) is 5.40. The molecule has 0 aliphatic heterocycles. The molecule has 0 aromatic heterocycles. The molecule has 0 heterocycles. The normalized spacial score (nSPS) is 13.6. The van der Waals surface area contributed by atoms with Crippen LogP contribution in [0, 0.1) is 0 Å². The highest BCUT2D eigenvalue weighted by atomic mass is 16.5. The van der Waals surface area contributed by atoms with Crippen molar-refractivity contribution in [3.8, 4) is 0 Å². The summed E-state index contributed by atoms with van der Waals surface area (Å²) in [5, 5.41) is 9.17. The Balaban J connectivity index is 2.35. The molecule has 0 spiro atoms. The summed E-state index contributed by atoms with van der Waals surface area (Å²) in [4.78, 5) is 15.6. The number of nitrogens with zero attached hydrogens (tertiary/aromatic N) is 1. The molecule has 0 bridgehead atoms. The molecular weight excluding hydrogens is 242 g/mol. The van der Waals surface area contributed by atoms with Crippen LogP contribution < -0.4 is 0 Å². The summed E-state index contributed by atoms with van der Waals surface area (Å²) < 4.78 is 5.20. The zero-order valence-corrected chi connectivity index (χ0v) is 11.3. The smallest absolute Gasteiger partial charge is 0.331 e. The molecule has 1 aromatic rings. The van der Waals surface area contributed by atoms with Crippen LogP contribution in [-0.4, -0.2) is 29.9 Å². The van der Waals surface area contributed by atoms with E-state index >= 15 is 0 Å². The number of aliphatic hydroxyl groups is 1. The standard InChI is InChI=1S/C15H21NO3/c1-12(17)7-6-10-14(16-2)15(18)19-11-13-8-4-3-5-9-13/h3-5,8-9,12,14,17H,2,6-7,10-11H2,1H3/t12-,14-/m0/s1. The van der Waals surface area contributed by atoms with Crippen LogP contribution in [0.3, 0.4) is 0 Å². The van der Waals surface area contributed by atoms with Gasteiger partial charge in [0, 0.05) is 0 Å². The van der Waals surface area contributed by atoms with Crippen LogP contribution in [0.2, 0.25) is 0 Å². The number of benzene rings is 1.